The van der Waals surface area contributed by atoms with Gasteiger partial charge >= 0.3 is 5.97 Å². The number of likely N-dealkylation sites (tertiary alicyclic amines) is 1. The summed E-state index contributed by atoms with van der Waals surface area (Å²) < 4.78 is 5.73. The Morgan fingerprint density at radius 3 is 2.76 bits per heavy atom. The van der Waals surface area contributed by atoms with Gasteiger partial charge in [0, 0.05) is 31.5 Å². The second kappa shape index (κ2) is 7.09. The highest BCUT2D eigenvalue weighted by Crippen LogP contribution is 2.30. The van der Waals surface area contributed by atoms with E-state index < -0.39 is 11.4 Å². The maximum Gasteiger partial charge on any atom is 0.311 e. The number of rotatable bonds is 6. The van der Waals surface area contributed by atoms with Crippen LogP contribution in [-0.2, 0) is 16.0 Å². The molecule has 1 aromatic heterocycles. The highest BCUT2D eigenvalue weighted by molar-refractivity contribution is 5.80. The Morgan fingerprint density at radius 2 is 2.08 bits per heavy atom. The molecular weight excluding hydrogens is 320 g/mol. The largest absolute Gasteiger partial charge is 0.481 e. The molecule has 1 aliphatic rings. The summed E-state index contributed by atoms with van der Waals surface area (Å²) >= 11 is 0. The number of carbonyl (C=O) groups excluding carboxylic acids is 1. The van der Waals surface area contributed by atoms with E-state index in [1.165, 1.54) is 0 Å². The van der Waals surface area contributed by atoms with Crippen molar-refractivity contribution >= 4 is 11.9 Å². The van der Waals surface area contributed by atoms with E-state index in [1.807, 2.05) is 30.3 Å². The van der Waals surface area contributed by atoms with Crippen LogP contribution in [0.2, 0.25) is 0 Å². The van der Waals surface area contributed by atoms with Crippen molar-refractivity contribution in [3.63, 3.8) is 0 Å². The van der Waals surface area contributed by atoms with Crippen LogP contribution in [0.3, 0.4) is 0 Å². The fraction of sp³-hybridized carbons (Fsp3) is 0.421. The first-order valence-electron chi connectivity index (χ1n) is 8.49. The summed E-state index contributed by atoms with van der Waals surface area (Å²) in [6, 6.07) is 9.75. The summed E-state index contributed by atoms with van der Waals surface area (Å²) in [4.78, 5) is 29.4. The molecule has 1 aliphatic heterocycles. The van der Waals surface area contributed by atoms with Crippen LogP contribution < -0.4 is 0 Å². The molecule has 3 rings (SSSR count). The van der Waals surface area contributed by atoms with E-state index in [9.17, 15) is 14.7 Å². The number of benzene rings is 1. The Labute approximate surface area is 146 Å². The van der Waals surface area contributed by atoms with Gasteiger partial charge < -0.3 is 14.4 Å². The molecule has 6 heteroatoms. The van der Waals surface area contributed by atoms with Crippen molar-refractivity contribution in [2.75, 3.05) is 13.1 Å². The van der Waals surface area contributed by atoms with Crippen molar-refractivity contribution in [1.82, 2.24) is 9.88 Å². The molecule has 1 amide bonds. The lowest BCUT2D eigenvalue weighted by molar-refractivity contribution is -0.147. The highest BCUT2D eigenvalue weighted by atomic mass is 16.4. The molecule has 1 saturated heterocycles. The van der Waals surface area contributed by atoms with E-state index in [0.717, 1.165) is 11.3 Å². The van der Waals surface area contributed by atoms with E-state index in [4.69, 9.17) is 4.42 Å². The molecule has 1 aromatic carbocycles. The molecule has 1 atom stereocenters. The van der Waals surface area contributed by atoms with E-state index in [0.29, 0.717) is 44.7 Å². The van der Waals surface area contributed by atoms with Crippen molar-refractivity contribution in [3.05, 3.63) is 42.4 Å². The molecule has 2 heterocycles. The average molecular weight is 342 g/mol. The van der Waals surface area contributed by atoms with Gasteiger partial charge in [-0.15, -0.1) is 0 Å². The first-order chi connectivity index (χ1) is 12.0. The smallest absolute Gasteiger partial charge is 0.311 e. The molecule has 6 nitrogen and oxygen atoms in total. The number of amides is 1. The molecule has 2 aromatic rings. The number of carbonyl (C=O) groups is 2. The third-order valence-electron chi connectivity index (χ3n) is 4.74. The van der Waals surface area contributed by atoms with Crippen molar-refractivity contribution in [1.29, 1.82) is 0 Å². The van der Waals surface area contributed by atoms with Gasteiger partial charge in [-0.25, -0.2) is 4.98 Å². The Kier molecular flexibility index (Phi) is 4.88. The van der Waals surface area contributed by atoms with Crippen LogP contribution in [0.1, 0.15) is 32.1 Å². The average Bonchev–Trinajstić information content (AvgIpc) is 3.23. The molecule has 25 heavy (non-hydrogen) atoms. The second-order valence-corrected chi connectivity index (χ2v) is 6.77. The maximum atomic E-state index is 12.3. The van der Waals surface area contributed by atoms with Gasteiger partial charge in [0.25, 0.3) is 0 Å². The fourth-order valence-electron chi connectivity index (χ4n) is 3.06. The topological polar surface area (TPSA) is 83.6 Å². The number of hydrogen-bond acceptors (Lipinski definition) is 4. The van der Waals surface area contributed by atoms with Gasteiger partial charge in [0.15, 0.2) is 11.7 Å². The van der Waals surface area contributed by atoms with Crippen LogP contribution in [0.15, 0.2) is 40.9 Å². The monoisotopic (exact) mass is 342 g/mol. The lowest BCUT2D eigenvalue weighted by Gasteiger charge is -2.20. The Morgan fingerprint density at radius 1 is 1.32 bits per heavy atom. The van der Waals surface area contributed by atoms with Crippen LogP contribution >= 0.6 is 0 Å². The third kappa shape index (κ3) is 3.90. The molecule has 132 valence electrons. The summed E-state index contributed by atoms with van der Waals surface area (Å²) in [5.41, 5.74) is 0.158. The Bertz CT molecular complexity index is 756. The normalized spacial score (nSPS) is 20.0. The number of aliphatic carboxylic acids is 1. The van der Waals surface area contributed by atoms with Gasteiger partial charge in [0.05, 0.1) is 11.6 Å². The van der Waals surface area contributed by atoms with Crippen LogP contribution in [0.25, 0.3) is 11.3 Å². The number of hydrogen-bond donors (Lipinski definition) is 1. The molecular formula is C19H22N2O4. The highest BCUT2D eigenvalue weighted by Gasteiger charge is 2.41. The Balaban J connectivity index is 1.48. The third-order valence-corrected chi connectivity index (χ3v) is 4.74. The van der Waals surface area contributed by atoms with Gasteiger partial charge in [-0.3, -0.25) is 9.59 Å². The van der Waals surface area contributed by atoms with Crippen molar-refractivity contribution in [2.45, 2.75) is 32.6 Å². The number of carboxylic acid groups (broad SMARTS) is 1. The number of nitrogens with zero attached hydrogens (tertiary/aromatic N) is 2. The van der Waals surface area contributed by atoms with Gasteiger partial charge in [0.2, 0.25) is 5.91 Å². The zero-order valence-electron chi connectivity index (χ0n) is 14.3. The minimum absolute atomic E-state index is 0.000172. The number of aromatic nitrogens is 1. The molecule has 0 radical (unpaired) electrons. The van der Waals surface area contributed by atoms with E-state index in [1.54, 1.807) is 18.0 Å². The standard InChI is InChI=1S/C19H22N2O4/c1-19(18(23)24)10-11-21(13-19)17(22)9-5-8-16-20-12-15(25-16)14-6-3-2-4-7-14/h2-4,6-7,12H,5,8-11,13H2,1H3,(H,23,24). The van der Waals surface area contributed by atoms with Crippen molar-refractivity contribution in [2.24, 2.45) is 5.41 Å². The van der Waals surface area contributed by atoms with Crippen molar-refractivity contribution < 1.29 is 19.1 Å². The van der Waals surface area contributed by atoms with Gasteiger partial charge in [0.1, 0.15) is 0 Å². The SMILES string of the molecule is CC1(C(=O)O)CCN(C(=O)CCCc2ncc(-c3ccccc3)o2)C1. The van der Waals surface area contributed by atoms with Crippen LogP contribution in [0, 0.1) is 5.41 Å². The minimum Gasteiger partial charge on any atom is -0.481 e. The summed E-state index contributed by atoms with van der Waals surface area (Å²) in [5.74, 6) is 0.498. The van der Waals surface area contributed by atoms with Crippen LogP contribution in [0.5, 0.6) is 0 Å². The van der Waals surface area contributed by atoms with E-state index >= 15 is 0 Å². The molecule has 0 spiro atoms. The fourth-order valence-corrected chi connectivity index (χ4v) is 3.06. The minimum atomic E-state index is -0.837. The predicted molar refractivity (Wildman–Crippen MR) is 91.8 cm³/mol. The first kappa shape index (κ1) is 17.2. The first-order valence-corrected chi connectivity index (χ1v) is 8.49. The van der Waals surface area contributed by atoms with E-state index in [2.05, 4.69) is 4.98 Å². The molecule has 1 N–H and O–H groups in total. The summed E-state index contributed by atoms with van der Waals surface area (Å²) in [7, 11) is 0. The predicted octanol–water partition coefficient (Wildman–Crippen LogP) is 2.99. The lowest BCUT2D eigenvalue weighted by Crippen LogP contribution is -2.34. The molecule has 0 saturated carbocycles. The molecule has 1 unspecified atom stereocenters. The summed E-state index contributed by atoms with van der Waals surface area (Å²) in [5, 5.41) is 9.23. The molecule has 0 aliphatic carbocycles. The molecule has 0 bridgehead atoms. The number of oxazole rings is 1. The summed E-state index contributed by atoms with van der Waals surface area (Å²) in [6.45, 7) is 2.50. The quantitative estimate of drug-likeness (QED) is 0.872. The molecule has 1 fully saturated rings. The van der Waals surface area contributed by atoms with Crippen LogP contribution in [0.4, 0.5) is 0 Å². The van der Waals surface area contributed by atoms with Gasteiger partial charge in [-0.1, -0.05) is 30.3 Å². The lowest BCUT2D eigenvalue weighted by atomic mass is 9.90. The second-order valence-electron chi connectivity index (χ2n) is 6.77. The number of aryl methyl sites for hydroxylation is 1. The van der Waals surface area contributed by atoms with Crippen molar-refractivity contribution in [3.8, 4) is 11.3 Å². The van der Waals surface area contributed by atoms with E-state index in [-0.39, 0.29) is 5.91 Å². The number of carboxylic acids is 1. The zero-order chi connectivity index (χ0) is 17.9. The van der Waals surface area contributed by atoms with Gasteiger partial charge in [-0.2, -0.15) is 0 Å². The van der Waals surface area contributed by atoms with Crippen LogP contribution in [-0.4, -0.2) is 40.0 Å². The zero-order valence-corrected chi connectivity index (χ0v) is 14.3. The Hall–Kier alpha value is -2.63. The van der Waals surface area contributed by atoms with Gasteiger partial charge in [-0.05, 0) is 19.8 Å². The summed E-state index contributed by atoms with van der Waals surface area (Å²) in [6.07, 6.45) is 3.80. The maximum absolute atomic E-state index is 12.3.